The fourth-order valence-electron chi connectivity index (χ4n) is 1.22. The van der Waals surface area contributed by atoms with Crippen LogP contribution in [0.15, 0.2) is 24.5 Å². The zero-order valence-electron chi connectivity index (χ0n) is 7.34. The minimum atomic E-state index is 0.561. The van der Waals surface area contributed by atoms with Crippen LogP contribution in [0.4, 0.5) is 5.13 Å². The van der Waals surface area contributed by atoms with Crippen molar-refractivity contribution in [3.8, 4) is 6.07 Å². The van der Waals surface area contributed by atoms with Crippen molar-refractivity contribution in [1.82, 2.24) is 9.55 Å². The van der Waals surface area contributed by atoms with Crippen molar-refractivity contribution in [2.24, 2.45) is 0 Å². The predicted octanol–water partition coefficient (Wildman–Crippen LogP) is 1.45. The maximum absolute atomic E-state index is 8.78. The van der Waals surface area contributed by atoms with Gasteiger partial charge < -0.3 is 10.3 Å². The molecule has 0 aliphatic heterocycles. The molecule has 0 saturated heterocycles. The first kappa shape index (κ1) is 8.78. The standard InChI is InChI=1S/C9H8N4S/c10-4-7-2-1-3-13(7)6-8-5-12-9(11)14-8/h1-3,5H,6H2,(H2,11,12). The Morgan fingerprint density at radius 1 is 1.64 bits per heavy atom. The van der Waals surface area contributed by atoms with Crippen LogP contribution in [0.3, 0.4) is 0 Å². The van der Waals surface area contributed by atoms with Gasteiger partial charge in [-0.25, -0.2) is 4.98 Å². The molecule has 2 N–H and O–H groups in total. The van der Waals surface area contributed by atoms with Crippen LogP contribution >= 0.6 is 11.3 Å². The molecule has 0 spiro atoms. The molecule has 0 amide bonds. The Hall–Kier alpha value is -1.80. The Morgan fingerprint density at radius 3 is 3.14 bits per heavy atom. The largest absolute Gasteiger partial charge is 0.375 e. The molecule has 0 aliphatic carbocycles. The normalized spacial score (nSPS) is 9.93. The van der Waals surface area contributed by atoms with Gasteiger partial charge in [-0.2, -0.15) is 5.26 Å². The molecule has 0 radical (unpaired) electrons. The van der Waals surface area contributed by atoms with Crippen molar-refractivity contribution in [2.75, 3.05) is 5.73 Å². The summed E-state index contributed by atoms with van der Waals surface area (Å²) in [6.07, 6.45) is 3.61. The van der Waals surface area contributed by atoms with Crippen molar-refractivity contribution in [3.63, 3.8) is 0 Å². The van der Waals surface area contributed by atoms with E-state index in [-0.39, 0.29) is 0 Å². The van der Waals surface area contributed by atoms with Gasteiger partial charge in [-0.3, -0.25) is 0 Å². The molecule has 2 aromatic heterocycles. The Labute approximate surface area is 85.2 Å². The number of thiazole rings is 1. The second-order valence-electron chi connectivity index (χ2n) is 2.80. The summed E-state index contributed by atoms with van der Waals surface area (Å²) in [5, 5.41) is 9.34. The summed E-state index contributed by atoms with van der Waals surface area (Å²) in [6, 6.07) is 5.75. The van der Waals surface area contributed by atoms with Gasteiger partial charge in [0.15, 0.2) is 5.13 Å². The number of hydrogen-bond acceptors (Lipinski definition) is 4. The van der Waals surface area contributed by atoms with E-state index in [1.165, 1.54) is 11.3 Å². The highest BCUT2D eigenvalue weighted by Crippen LogP contribution is 2.16. The van der Waals surface area contributed by atoms with Gasteiger partial charge in [-0.05, 0) is 12.1 Å². The molecule has 0 bridgehead atoms. The summed E-state index contributed by atoms with van der Waals surface area (Å²) in [6.45, 7) is 0.658. The summed E-state index contributed by atoms with van der Waals surface area (Å²) in [4.78, 5) is 5.00. The molecule has 0 aromatic carbocycles. The minimum absolute atomic E-state index is 0.561. The number of nitriles is 1. The quantitative estimate of drug-likeness (QED) is 0.805. The minimum Gasteiger partial charge on any atom is -0.375 e. The van der Waals surface area contributed by atoms with Gasteiger partial charge in [0.1, 0.15) is 11.8 Å². The van der Waals surface area contributed by atoms with Crippen molar-refractivity contribution in [1.29, 1.82) is 5.26 Å². The summed E-state index contributed by atoms with van der Waals surface area (Å²) < 4.78 is 1.87. The van der Waals surface area contributed by atoms with Gasteiger partial charge in [0.2, 0.25) is 0 Å². The fourth-order valence-corrected chi connectivity index (χ4v) is 1.90. The van der Waals surface area contributed by atoms with Crippen LogP contribution in [0.5, 0.6) is 0 Å². The Morgan fingerprint density at radius 2 is 2.50 bits per heavy atom. The monoisotopic (exact) mass is 204 g/mol. The molecule has 0 saturated carbocycles. The first-order chi connectivity index (χ1) is 6.79. The lowest BCUT2D eigenvalue weighted by Crippen LogP contribution is -1.98. The van der Waals surface area contributed by atoms with Gasteiger partial charge in [0.05, 0.1) is 6.54 Å². The molecule has 0 atom stereocenters. The van der Waals surface area contributed by atoms with Crippen LogP contribution < -0.4 is 5.73 Å². The number of aromatic nitrogens is 2. The van der Waals surface area contributed by atoms with Gasteiger partial charge in [-0.1, -0.05) is 0 Å². The van der Waals surface area contributed by atoms with Crippen molar-refractivity contribution < 1.29 is 0 Å². The lowest BCUT2D eigenvalue weighted by molar-refractivity contribution is 0.804. The zero-order valence-corrected chi connectivity index (χ0v) is 8.16. The average Bonchev–Trinajstić information content (AvgIpc) is 2.76. The molecule has 0 fully saturated rings. The first-order valence-electron chi connectivity index (χ1n) is 4.05. The number of nitrogens with zero attached hydrogens (tertiary/aromatic N) is 3. The van der Waals surface area contributed by atoms with Gasteiger partial charge >= 0.3 is 0 Å². The SMILES string of the molecule is N#Cc1cccn1Cc1cnc(N)s1. The molecule has 0 aliphatic rings. The highest BCUT2D eigenvalue weighted by atomic mass is 32.1. The van der Waals surface area contributed by atoms with E-state index < -0.39 is 0 Å². The van der Waals surface area contributed by atoms with Crippen molar-refractivity contribution in [2.45, 2.75) is 6.54 Å². The summed E-state index contributed by atoms with van der Waals surface area (Å²) in [7, 11) is 0. The van der Waals surface area contributed by atoms with E-state index in [2.05, 4.69) is 11.1 Å². The van der Waals surface area contributed by atoms with Crippen molar-refractivity contribution >= 4 is 16.5 Å². The molecular formula is C9H8N4S. The van der Waals surface area contributed by atoms with E-state index in [1.54, 1.807) is 12.3 Å². The third kappa shape index (κ3) is 1.60. The topological polar surface area (TPSA) is 67.6 Å². The van der Waals surface area contributed by atoms with Gasteiger partial charge in [0.25, 0.3) is 0 Å². The fraction of sp³-hybridized carbons (Fsp3) is 0.111. The molecule has 14 heavy (non-hydrogen) atoms. The van der Waals surface area contributed by atoms with E-state index in [4.69, 9.17) is 11.0 Å². The van der Waals surface area contributed by atoms with Crippen LogP contribution in [-0.2, 0) is 6.54 Å². The van der Waals surface area contributed by atoms with Crippen LogP contribution in [0.2, 0.25) is 0 Å². The smallest absolute Gasteiger partial charge is 0.180 e. The number of hydrogen-bond donors (Lipinski definition) is 1. The molecule has 2 rings (SSSR count). The van der Waals surface area contributed by atoms with E-state index in [1.807, 2.05) is 16.8 Å². The molecule has 2 heterocycles. The van der Waals surface area contributed by atoms with E-state index in [9.17, 15) is 0 Å². The zero-order chi connectivity index (χ0) is 9.97. The highest BCUT2D eigenvalue weighted by molar-refractivity contribution is 7.15. The average molecular weight is 204 g/mol. The van der Waals surface area contributed by atoms with E-state index >= 15 is 0 Å². The number of rotatable bonds is 2. The van der Waals surface area contributed by atoms with Crippen LogP contribution in [0, 0.1) is 11.3 Å². The highest BCUT2D eigenvalue weighted by Gasteiger charge is 2.02. The summed E-state index contributed by atoms with van der Waals surface area (Å²) in [5.74, 6) is 0. The Bertz CT molecular complexity index is 477. The van der Waals surface area contributed by atoms with Crippen molar-refractivity contribution in [3.05, 3.63) is 35.1 Å². The maximum atomic E-state index is 8.78. The maximum Gasteiger partial charge on any atom is 0.180 e. The second-order valence-corrected chi connectivity index (χ2v) is 3.94. The second kappa shape index (κ2) is 3.52. The summed E-state index contributed by atoms with van der Waals surface area (Å²) >= 11 is 1.44. The van der Waals surface area contributed by atoms with Crippen LogP contribution in [0.1, 0.15) is 10.6 Å². The molecule has 5 heteroatoms. The molecule has 4 nitrogen and oxygen atoms in total. The van der Waals surface area contributed by atoms with E-state index in [0.29, 0.717) is 17.4 Å². The number of anilines is 1. The van der Waals surface area contributed by atoms with Gasteiger partial charge in [-0.15, -0.1) is 11.3 Å². The van der Waals surface area contributed by atoms with E-state index in [0.717, 1.165) is 4.88 Å². The predicted molar refractivity (Wildman–Crippen MR) is 54.8 cm³/mol. The summed E-state index contributed by atoms with van der Waals surface area (Å²) in [5.41, 5.74) is 6.16. The molecule has 0 unspecified atom stereocenters. The van der Waals surface area contributed by atoms with Crippen LogP contribution in [0.25, 0.3) is 0 Å². The number of nitrogens with two attached hydrogens (primary N) is 1. The third-order valence-electron chi connectivity index (χ3n) is 1.84. The molecular weight excluding hydrogens is 196 g/mol. The third-order valence-corrected chi connectivity index (χ3v) is 2.65. The van der Waals surface area contributed by atoms with Crippen LogP contribution in [-0.4, -0.2) is 9.55 Å². The molecule has 70 valence electrons. The molecule has 2 aromatic rings. The Kier molecular flexibility index (Phi) is 2.21. The first-order valence-corrected chi connectivity index (χ1v) is 4.86. The Balaban J connectivity index is 2.23. The van der Waals surface area contributed by atoms with Gasteiger partial charge in [0, 0.05) is 17.3 Å². The lowest BCUT2D eigenvalue weighted by atomic mass is 10.4. The lowest BCUT2D eigenvalue weighted by Gasteiger charge is -2.00. The number of nitrogen functional groups attached to an aromatic ring is 1.